The highest BCUT2D eigenvalue weighted by Crippen LogP contribution is 2.31. The number of pyridine rings is 1. The minimum atomic E-state index is 0.154. The van der Waals surface area contributed by atoms with Crippen molar-refractivity contribution in [2.24, 2.45) is 5.73 Å². The monoisotopic (exact) mass is 263 g/mol. The van der Waals surface area contributed by atoms with Crippen LogP contribution in [0.2, 0.25) is 0 Å². The Morgan fingerprint density at radius 2 is 2.37 bits per heavy atom. The molecule has 0 bridgehead atoms. The molecule has 0 saturated carbocycles. The van der Waals surface area contributed by atoms with E-state index in [2.05, 4.69) is 23.7 Å². The molecule has 0 spiro atoms. The first-order chi connectivity index (χ1) is 9.24. The number of nitrogens with zero attached hydrogens (tertiary/aromatic N) is 2. The van der Waals surface area contributed by atoms with Crippen LogP contribution in [0, 0.1) is 0 Å². The number of aromatic nitrogens is 1. The van der Waals surface area contributed by atoms with Crippen LogP contribution in [0.25, 0.3) is 0 Å². The predicted octanol–water partition coefficient (Wildman–Crippen LogP) is 2.58. The molecule has 106 valence electrons. The van der Waals surface area contributed by atoms with Gasteiger partial charge >= 0.3 is 0 Å². The minimum absolute atomic E-state index is 0.154. The van der Waals surface area contributed by atoms with E-state index in [1.807, 2.05) is 18.3 Å². The van der Waals surface area contributed by atoms with Gasteiger partial charge in [-0.3, -0.25) is 0 Å². The predicted molar refractivity (Wildman–Crippen MR) is 78.7 cm³/mol. The normalized spacial score (nSPS) is 21.2. The fourth-order valence-corrected chi connectivity index (χ4v) is 2.69. The SMILES string of the molecule is CCCOc1cccnc1N1CCCCC1C(C)N. The molecule has 19 heavy (non-hydrogen) atoms. The van der Waals surface area contributed by atoms with Gasteiger partial charge in [-0.15, -0.1) is 0 Å². The Morgan fingerprint density at radius 3 is 3.11 bits per heavy atom. The van der Waals surface area contributed by atoms with Crippen LogP contribution >= 0.6 is 0 Å². The summed E-state index contributed by atoms with van der Waals surface area (Å²) in [6, 6.07) is 4.46. The molecule has 0 aliphatic carbocycles. The Labute approximate surface area is 116 Å². The molecule has 2 N–H and O–H groups in total. The summed E-state index contributed by atoms with van der Waals surface area (Å²) >= 11 is 0. The Balaban J connectivity index is 2.22. The van der Waals surface area contributed by atoms with Crippen LogP contribution < -0.4 is 15.4 Å². The van der Waals surface area contributed by atoms with Gasteiger partial charge in [0.15, 0.2) is 11.6 Å². The molecule has 1 saturated heterocycles. The summed E-state index contributed by atoms with van der Waals surface area (Å²) < 4.78 is 5.82. The largest absolute Gasteiger partial charge is 0.490 e. The first kappa shape index (κ1) is 14.1. The summed E-state index contributed by atoms with van der Waals surface area (Å²) in [6.45, 7) is 5.95. The first-order valence-corrected chi connectivity index (χ1v) is 7.34. The van der Waals surface area contributed by atoms with Gasteiger partial charge in [-0.2, -0.15) is 0 Å². The second-order valence-corrected chi connectivity index (χ2v) is 5.29. The molecule has 1 aliphatic heterocycles. The standard InChI is InChI=1S/C15H25N3O/c1-3-11-19-14-8-6-9-17-15(14)18-10-5-4-7-13(18)12(2)16/h6,8-9,12-13H,3-5,7,10-11,16H2,1-2H3. The lowest BCUT2D eigenvalue weighted by Crippen LogP contribution is -2.49. The molecule has 1 aromatic rings. The molecule has 1 aliphatic rings. The van der Waals surface area contributed by atoms with Crippen molar-refractivity contribution in [1.29, 1.82) is 0 Å². The molecule has 4 heteroatoms. The number of rotatable bonds is 5. The summed E-state index contributed by atoms with van der Waals surface area (Å²) in [5, 5.41) is 0. The fourth-order valence-electron chi connectivity index (χ4n) is 2.69. The van der Waals surface area contributed by atoms with Crippen molar-refractivity contribution >= 4 is 5.82 Å². The molecule has 0 amide bonds. The van der Waals surface area contributed by atoms with Crippen LogP contribution in [-0.2, 0) is 0 Å². The number of hydrogen-bond donors (Lipinski definition) is 1. The number of hydrogen-bond acceptors (Lipinski definition) is 4. The second-order valence-electron chi connectivity index (χ2n) is 5.29. The van der Waals surface area contributed by atoms with Crippen molar-refractivity contribution in [2.45, 2.75) is 51.6 Å². The fraction of sp³-hybridized carbons (Fsp3) is 0.667. The van der Waals surface area contributed by atoms with Gasteiger partial charge in [-0.05, 0) is 44.7 Å². The van der Waals surface area contributed by atoms with E-state index in [0.717, 1.165) is 37.6 Å². The lowest BCUT2D eigenvalue weighted by Gasteiger charge is -2.39. The highest BCUT2D eigenvalue weighted by atomic mass is 16.5. The number of anilines is 1. The van der Waals surface area contributed by atoms with E-state index >= 15 is 0 Å². The van der Waals surface area contributed by atoms with Gasteiger partial charge in [-0.1, -0.05) is 6.92 Å². The molecular formula is C15H25N3O. The Kier molecular flexibility index (Phi) is 5.02. The summed E-state index contributed by atoms with van der Waals surface area (Å²) in [5.74, 6) is 1.84. The Hall–Kier alpha value is -1.29. The van der Waals surface area contributed by atoms with Crippen molar-refractivity contribution in [3.8, 4) is 5.75 Å². The lowest BCUT2D eigenvalue weighted by molar-refractivity contribution is 0.312. The van der Waals surface area contributed by atoms with Crippen molar-refractivity contribution in [2.75, 3.05) is 18.1 Å². The second kappa shape index (κ2) is 6.75. The average molecular weight is 263 g/mol. The van der Waals surface area contributed by atoms with E-state index in [4.69, 9.17) is 10.5 Å². The average Bonchev–Trinajstić information content (AvgIpc) is 2.45. The Bertz CT molecular complexity index is 395. The van der Waals surface area contributed by atoms with Gasteiger partial charge in [0.05, 0.1) is 6.61 Å². The third-order valence-corrected chi connectivity index (χ3v) is 3.64. The van der Waals surface area contributed by atoms with Gasteiger partial charge in [-0.25, -0.2) is 4.98 Å². The van der Waals surface area contributed by atoms with Crippen LogP contribution in [0.15, 0.2) is 18.3 Å². The molecule has 2 rings (SSSR count). The Morgan fingerprint density at radius 1 is 1.53 bits per heavy atom. The van der Waals surface area contributed by atoms with Gasteiger partial charge in [0, 0.05) is 24.8 Å². The summed E-state index contributed by atoms with van der Waals surface area (Å²) in [4.78, 5) is 6.87. The summed E-state index contributed by atoms with van der Waals surface area (Å²) in [6.07, 6.45) is 6.43. The van der Waals surface area contributed by atoms with Gasteiger partial charge in [0.25, 0.3) is 0 Å². The molecule has 4 nitrogen and oxygen atoms in total. The van der Waals surface area contributed by atoms with Crippen molar-refractivity contribution < 1.29 is 4.74 Å². The maximum Gasteiger partial charge on any atom is 0.171 e. The van der Waals surface area contributed by atoms with Crippen LogP contribution in [0.1, 0.15) is 39.5 Å². The lowest BCUT2D eigenvalue weighted by atomic mass is 9.97. The zero-order chi connectivity index (χ0) is 13.7. The molecule has 2 heterocycles. The molecule has 0 radical (unpaired) electrons. The number of nitrogens with two attached hydrogens (primary N) is 1. The van der Waals surface area contributed by atoms with Gasteiger partial charge < -0.3 is 15.4 Å². The van der Waals surface area contributed by atoms with Crippen molar-refractivity contribution in [1.82, 2.24) is 4.98 Å². The van der Waals surface area contributed by atoms with Gasteiger partial charge in [0.2, 0.25) is 0 Å². The van der Waals surface area contributed by atoms with Crippen LogP contribution in [0.3, 0.4) is 0 Å². The summed E-state index contributed by atoms with van der Waals surface area (Å²) in [7, 11) is 0. The van der Waals surface area contributed by atoms with E-state index in [0.29, 0.717) is 6.04 Å². The van der Waals surface area contributed by atoms with E-state index in [-0.39, 0.29) is 6.04 Å². The van der Waals surface area contributed by atoms with Crippen LogP contribution in [0.4, 0.5) is 5.82 Å². The molecule has 0 aromatic carbocycles. The quantitative estimate of drug-likeness (QED) is 0.887. The van der Waals surface area contributed by atoms with E-state index in [9.17, 15) is 0 Å². The molecular weight excluding hydrogens is 238 g/mol. The van der Waals surface area contributed by atoms with Crippen molar-refractivity contribution in [3.63, 3.8) is 0 Å². The number of piperidine rings is 1. The third kappa shape index (κ3) is 3.38. The topological polar surface area (TPSA) is 51.4 Å². The first-order valence-electron chi connectivity index (χ1n) is 7.34. The highest BCUT2D eigenvalue weighted by molar-refractivity contribution is 5.53. The molecule has 2 atom stereocenters. The maximum absolute atomic E-state index is 6.13. The van der Waals surface area contributed by atoms with Crippen molar-refractivity contribution in [3.05, 3.63) is 18.3 Å². The van der Waals surface area contributed by atoms with E-state index < -0.39 is 0 Å². The van der Waals surface area contributed by atoms with E-state index in [1.54, 1.807) is 0 Å². The highest BCUT2D eigenvalue weighted by Gasteiger charge is 2.28. The van der Waals surface area contributed by atoms with Crippen LogP contribution in [-0.4, -0.2) is 30.2 Å². The van der Waals surface area contributed by atoms with Crippen LogP contribution in [0.5, 0.6) is 5.75 Å². The van der Waals surface area contributed by atoms with E-state index in [1.165, 1.54) is 12.8 Å². The smallest absolute Gasteiger partial charge is 0.171 e. The third-order valence-electron chi connectivity index (χ3n) is 3.64. The molecule has 1 fully saturated rings. The molecule has 1 aromatic heterocycles. The maximum atomic E-state index is 6.13. The van der Waals surface area contributed by atoms with Gasteiger partial charge in [0.1, 0.15) is 0 Å². The minimum Gasteiger partial charge on any atom is -0.490 e. The molecule has 2 unspecified atom stereocenters. The summed E-state index contributed by atoms with van der Waals surface area (Å²) in [5.41, 5.74) is 6.13. The number of ether oxygens (including phenoxy) is 1. The zero-order valence-electron chi connectivity index (χ0n) is 12.0. The zero-order valence-corrected chi connectivity index (χ0v) is 12.0.